The van der Waals surface area contributed by atoms with Gasteiger partial charge in [-0.1, -0.05) is 0 Å². The molecule has 0 saturated heterocycles. The van der Waals surface area contributed by atoms with Crippen molar-refractivity contribution in [3.05, 3.63) is 40.5 Å². The zero-order valence-corrected chi connectivity index (χ0v) is 17.1. The van der Waals surface area contributed by atoms with E-state index in [1.165, 1.54) is 11.1 Å². The Hall–Kier alpha value is -2.60. The van der Waals surface area contributed by atoms with Gasteiger partial charge in [0.2, 0.25) is 5.75 Å². The van der Waals surface area contributed by atoms with Crippen LogP contribution in [0.4, 0.5) is 0 Å². The molecule has 28 heavy (non-hydrogen) atoms. The zero-order chi connectivity index (χ0) is 20.1. The molecule has 6 nitrogen and oxygen atoms in total. The first-order chi connectivity index (χ1) is 13.5. The molecule has 1 spiro atoms. The Balaban J connectivity index is 2.04. The highest BCUT2D eigenvalue weighted by atomic mass is 16.5. The minimum atomic E-state index is -0.391. The predicted octanol–water partition coefficient (Wildman–Crippen LogP) is 3.10. The summed E-state index contributed by atoms with van der Waals surface area (Å²) in [5, 5.41) is 10.5. The van der Waals surface area contributed by atoms with Gasteiger partial charge in [0.05, 0.1) is 34.0 Å². The summed E-state index contributed by atoms with van der Waals surface area (Å²) in [5.41, 5.74) is 4.18. The fourth-order valence-electron chi connectivity index (χ4n) is 5.00. The van der Waals surface area contributed by atoms with Crippen LogP contribution in [-0.4, -0.2) is 52.0 Å². The van der Waals surface area contributed by atoms with Crippen LogP contribution in [0.5, 0.6) is 28.7 Å². The van der Waals surface area contributed by atoms with Crippen molar-refractivity contribution in [1.29, 1.82) is 0 Å². The molecule has 0 saturated carbocycles. The number of phenolic OH excluding ortho intramolecular Hbond substituents is 1. The fraction of sp³-hybridized carbons (Fsp3) is 0.455. The number of hydrogen-bond donors (Lipinski definition) is 1. The molecule has 1 aliphatic carbocycles. The number of aromatic hydroxyl groups is 1. The molecule has 0 radical (unpaired) electrons. The molecule has 0 bridgehead atoms. The first-order valence-electron chi connectivity index (χ1n) is 9.45. The van der Waals surface area contributed by atoms with Gasteiger partial charge in [0.25, 0.3) is 0 Å². The molecule has 2 aromatic carbocycles. The number of nitrogens with zero attached hydrogens (tertiary/aromatic N) is 1. The molecule has 150 valence electrons. The van der Waals surface area contributed by atoms with Crippen LogP contribution in [0.1, 0.15) is 28.7 Å². The van der Waals surface area contributed by atoms with E-state index in [1.807, 2.05) is 12.1 Å². The molecular formula is C22H27NO5. The fourth-order valence-corrected chi connectivity index (χ4v) is 5.00. The monoisotopic (exact) mass is 385 g/mol. The summed E-state index contributed by atoms with van der Waals surface area (Å²) in [6.07, 6.45) is 2.68. The van der Waals surface area contributed by atoms with E-state index < -0.39 is 5.54 Å². The van der Waals surface area contributed by atoms with Gasteiger partial charge in [-0.25, -0.2) is 0 Å². The van der Waals surface area contributed by atoms with Crippen LogP contribution in [0.15, 0.2) is 18.2 Å². The first-order valence-corrected chi connectivity index (χ1v) is 9.45. The zero-order valence-electron chi connectivity index (χ0n) is 17.1. The van der Waals surface area contributed by atoms with Gasteiger partial charge >= 0.3 is 0 Å². The molecule has 4 rings (SSSR count). The lowest BCUT2D eigenvalue weighted by Crippen LogP contribution is -2.48. The van der Waals surface area contributed by atoms with Crippen molar-refractivity contribution >= 4 is 0 Å². The molecule has 1 unspecified atom stereocenters. The van der Waals surface area contributed by atoms with Crippen molar-refractivity contribution in [2.75, 3.05) is 42.0 Å². The summed E-state index contributed by atoms with van der Waals surface area (Å²) in [4.78, 5) is 2.36. The van der Waals surface area contributed by atoms with Gasteiger partial charge in [-0.05, 0) is 61.2 Å². The number of fused-ring (bicyclic) bond motifs is 4. The third-order valence-corrected chi connectivity index (χ3v) is 6.30. The number of aryl methyl sites for hydroxylation is 1. The molecule has 6 heteroatoms. The Bertz CT molecular complexity index is 926. The van der Waals surface area contributed by atoms with Crippen molar-refractivity contribution in [2.45, 2.75) is 24.8 Å². The number of likely N-dealkylation sites (N-methyl/N-ethyl adjacent to an activating group) is 1. The summed E-state index contributed by atoms with van der Waals surface area (Å²) < 4.78 is 22.4. The van der Waals surface area contributed by atoms with Crippen LogP contribution in [0, 0.1) is 0 Å². The van der Waals surface area contributed by atoms with Gasteiger partial charge in [0.15, 0.2) is 23.0 Å². The van der Waals surface area contributed by atoms with Gasteiger partial charge in [0, 0.05) is 12.1 Å². The van der Waals surface area contributed by atoms with Crippen LogP contribution in [0.2, 0.25) is 0 Å². The number of rotatable bonds is 4. The van der Waals surface area contributed by atoms with E-state index >= 15 is 0 Å². The van der Waals surface area contributed by atoms with Gasteiger partial charge in [0.1, 0.15) is 0 Å². The average molecular weight is 385 g/mol. The van der Waals surface area contributed by atoms with Crippen LogP contribution in [0.25, 0.3) is 0 Å². The average Bonchev–Trinajstić information content (AvgIpc) is 3.09. The van der Waals surface area contributed by atoms with Crippen molar-refractivity contribution < 1.29 is 24.1 Å². The molecule has 1 N–H and O–H groups in total. The maximum absolute atomic E-state index is 10.5. The summed E-state index contributed by atoms with van der Waals surface area (Å²) in [6, 6.07) is 5.87. The van der Waals surface area contributed by atoms with Crippen molar-refractivity contribution in [2.24, 2.45) is 0 Å². The lowest BCUT2D eigenvalue weighted by molar-refractivity contribution is 0.142. The van der Waals surface area contributed by atoms with Crippen molar-refractivity contribution in [3.8, 4) is 28.7 Å². The Morgan fingerprint density at radius 2 is 1.54 bits per heavy atom. The van der Waals surface area contributed by atoms with Crippen LogP contribution >= 0.6 is 0 Å². The van der Waals surface area contributed by atoms with Gasteiger partial charge < -0.3 is 24.1 Å². The van der Waals surface area contributed by atoms with Gasteiger partial charge in [-0.2, -0.15) is 0 Å². The number of hydrogen-bond acceptors (Lipinski definition) is 6. The highest BCUT2D eigenvalue weighted by molar-refractivity contribution is 5.67. The second-order valence-corrected chi connectivity index (χ2v) is 7.39. The normalized spacial score (nSPS) is 20.6. The summed E-state index contributed by atoms with van der Waals surface area (Å²) in [6.45, 7) is 0.901. The molecule has 0 aromatic heterocycles. The van der Waals surface area contributed by atoms with E-state index in [4.69, 9.17) is 18.9 Å². The lowest BCUT2D eigenvalue weighted by atomic mass is 9.76. The van der Waals surface area contributed by atoms with E-state index in [9.17, 15) is 5.11 Å². The Kier molecular flexibility index (Phi) is 4.54. The quantitative estimate of drug-likeness (QED) is 0.873. The minimum absolute atomic E-state index is 0.156. The molecule has 1 aliphatic heterocycles. The Morgan fingerprint density at radius 1 is 0.857 bits per heavy atom. The number of ether oxygens (including phenoxy) is 4. The third-order valence-electron chi connectivity index (χ3n) is 6.30. The van der Waals surface area contributed by atoms with E-state index in [1.54, 1.807) is 28.4 Å². The second-order valence-electron chi connectivity index (χ2n) is 7.39. The topological polar surface area (TPSA) is 60.4 Å². The largest absolute Gasteiger partial charge is 0.504 e. The molecule has 0 fully saturated rings. The van der Waals surface area contributed by atoms with Crippen molar-refractivity contribution in [3.63, 3.8) is 0 Å². The third kappa shape index (κ3) is 2.37. The number of benzene rings is 2. The van der Waals surface area contributed by atoms with E-state index in [0.717, 1.165) is 36.9 Å². The predicted molar refractivity (Wildman–Crippen MR) is 106 cm³/mol. The molecule has 2 aliphatic rings. The van der Waals surface area contributed by atoms with E-state index in [-0.39, 0.29) is 5.75 Å². The van der Waals surface area contributed by atoms with Crippen LogP contribution < -0.4 is 18.9 Å². The molecular weight excluding hydrogens is 358 g/mol. The Labute approximate surface area is 165 Å². The van der Waals surface area contributed by atoms with Gasteiger partial charge in [-0.3, -0.25) is 4.90 Å². The second kappa shape index (κ2) is 6.78. The van der Waals surface area contributed by atoms with E-state index in [2.05, 4.69) is 18.0 Å². The van der Waals surface area contributed by atoms with Crippen molar-refractivity contribution in [1.82, 2.24) is 4.90 Å². The number of phenols is 1. The number of methoxy groups -OCH3 is 4. The van der Waals surface area contributed by atoms with Gasteiger partial charge in [-0.15, -0.1) is 0 Å². The molecule has 1 atom stereocenters. The highest BCUT2D eigenvalue weighted by Crippen LogP contribution is 2.57. The van der Waals surface area contributed by atoms with E-state index in [0.29, 0.717) is 23.0 Å². The maximum atomic E-state index is 10.5. The highest BCUT2D eigenvalue weighted by Gasteiger charge is 2.50. The maximum Gasteiger partial charge on any atom is 0.203 e. The summed E-state index contributed by atoms with van der Waals surface area (Å²) in [5.74, 6) is 2.64. The smallest absolute Gasteiger partial charge is 0.203 e. The summed E-state index contributed by atoms with van der Waals surface area (Å²) >= 11 is 0. The molecule has 1 heterocycles. The first kappa shape index (κ1) is 18.7. The Morgan fingerprint density at radius 3 is 2.18 bits per heavy atom. The molecule has 0 amide bonds. The van der Waals surface area contributed by atoms with Crippen LogP contribution in [0.3, 0.4) is 0 Å². The minimum Gasteiger partial charge on any atom is -0.504 e. The SMILES string of the molecule is COc1cc2c(cc1O)C1(CCc3cc(OC)c(OC)c(OC)c31)N(C)CC2. The lowest BCUT2D eigenvalue weighted by Gasteiger charge is -2.45. The summed E-state index contributed by atoms with van der Waals surface area (Å²) in [7, 11) is 8.65. The standard InChI is InChI=1S/C22H27NO5/c1-23-9-7-13-10-17(25-2)16(24)12-15(13)22(23)8-6-14-11-18(26-3)20(27-4)21(28-5)19(14)22/h10-12,24H,6-9H2,1-5H3. The molecule has 2 aromatic rings. The van der Waals surface area contributed by atoms with Crippen LogP contribution in [-0.2, 0) is 18.4 Å².